The fourth-order valence-corrected chi connectivity index (χ4v) is 3.37. The first-order chi connectivity index (χ1) is 12.1. The minimum atomic E-state index is -0.262. The molecule has 1 fully saturated rings. The van der Waals surface area contributed by atoms with Gasteiger partial charge in [0.2, 0.25) is 0 Å². The molecule has 0 aliphatic carbocycles. The van der Waals surface area contributed by atoms with E-state index in [0.29, 0.717) is 6.54 Å². The van der Waals surface area contributed by atoms with Crippen molar-refractivity contribution >= 4 is 6.03 Å². The molecule has 0 spiro atoms. The Labute approximate surface area is 148 Å². The van der Waals surface area contributed by atoms with Gasteiger partial charge in [0.15, 0.2) is 0 Å². The second-order valence-electron chi connectivity index (χ2n) is 6.75. The van der Waals surface area contributed by atoms with Crippen LogP contribution in [-0.2, 0) is 6.54 Å². The van der Waals surface area contributed by atoms with Gasteiger partial charge < -0.3 is 10.2 Å². The Hall–Kier alpha value is -2.36. The summed E-state index contributed by atoms with van der Waals surface area (Å²) in [7, 11) is 0. The van der Waals surface area contributed by atoms with Crippen molar-refractivity contribution in [2.24, 2.45) is 0 Å². The number of hydrogen-bond acceptors (Lipinski definition) is 1. The molecule has 1 N–H and O–H groups in total. The van der Waals surface area contributed by atoms with Crippen LogP contribution in [0.3, 0.4) is 0 Å². The van der Waals surface area contributed by atoms with Crippen LogP contribution >= 0.6 is 0 Å². The maximum absolute atomic E-state index is 13.0. The van der Waals surface area contributed by atoms with Crippen LogP contribution in [0, 0.1) is 12.7 Å². The number of rotatable bonds is 3. The summed E-state index contributed by atoms with van der Waals surface area (Å²) in [6.45, 7) is 3.26. The van der Waals surface area contributed by atoms with Gasteiger partial charge in [0, 0.05) is 13.1 Å². The third-order valence-electron chi connectivity index (χ3n) is 4.83. The Morgan fingerprint density at radius 3 is 2.52 bits per heavy atom. The van der Waals surface area contributed by atoms with Gasteiger partial charge in [-0.15, -0.1) is 0 Å². The van der Waals surface area contributed by atoms with Gasteiger partial charge in [-0.25, -0.2) is 9.18 Å². The van der Waals surface area contributed by atoms with E-state index in [-0.39, 0.29) is 17.9 Å². The fraction of sp³-hybridized carbons (Fsp3) is 0.381. The van der Waals surface area contributed by atoms with Crippen LogP contribution in [0.4, 0.5) is 9.18 Å². The molecule has 2 aromatic rings. The molecule has 0 unspecified atom stereocenters. The summed E-state index contributed by atoms with van der Waals surface area (Å²) in [5.41, 5.74) is 3.32. The lowest BCUT2D eigenvalue weighted by Crippen LogP contribution is -2.41. The van der Waals surface area contributed by atoms with Crippen molar-refractivity contribution in [2.75, 3.05) is 6.54 Å². The van der Waals surface area contributed by atoms with Crippen molar-refractivity contribution in [3.05, 3.63) is 71.0 Å². The molecule has 3 nitrogen and oxygen atoms in total. The Kier molecular flexibility index (Phi) is 5.69. The highest BCUT2D eigenvalue weighted by molar-refractivity contribution is 5.74. The number of amides is 2. The summed E-state index contributed by atoms with van der Waals surface area (Å²) >= 11 is 0. The molecule has 1 heterocycles. The van der Waals surface area contributed by atoms with Crippen LogP contribution in [0.1, 0.15) is 48.4 Å². The SMILES string of the molecule is Cc1ccc([C@H]2CCCCCN2C(=O)NCc2ccc(F)cc2)cc1. The highest BCUT2D eigenvalue weighted by Crippen LogP contribution is 2.30. The second kappa shape index (κ2) is 8.15. The lowest BCUT2D eigenvalue weighted by atomic mass is 10.00. The third kappa shape index (κ3) is 4.59. The molecule has 4 heteroatoms. The van der Waals surface area contributed by atoms with Crippen molar-refractivity contribution in [2.45, 2.75) is 45.2 Å². The topological polar surface area (TPSA) is 32.3 Å². The van der Waals surface area contributed by atoms with Crippen molar-refractivity contribution in [1.82, 2.24) is 10.2 Å². The molecule has 3 rings (SSSR count). The highest BCUT2D eigenvalue weighted by atomic mass is 19.1. The summed E-state index contributed by atoms with van der Waals surface area (Å²) in [6.07, 6.45) is 4.32. The van der Waals surface area contributed by atoms with Gasteiger partial charge in [0.05, 0.1) is 6.04 Å². The van der Waals surface area contributed by atoms with E-state index in [1.807, 2.05) is 4.90 Å². The van der Waals surface area contributed by atoms with Gasteiger partial charge in [0.25, 0.3) is 0 Å². The number of hydrogen-bond donors (Lipinski definition) is 1. The maximum Gasteiger partial charge on any atom is 0.318 e. The molecule has 0 saturated carbocycles. The number of nitrogens with zero attached hydrogens (tertiary/aromatic N) is 1. The number of aryl methyl sites for hydroxylation is 1. The zero-order valence-electron chi connectivity index (χ0n) is 14.7. The zero-order valence-corrected chi connectivity index (χ0v) is 14.7. The standard InChI is InChI=1S/C21H25FN2O/c1-16-6-10-18(11-7-16)20-5-3-2-4-14-24(20)21(25)23-15-17-8-12-19(22)13-9-17/h6-13,20H,2-5,14-15H2,1H3,(H,23,25)/t20-/m1/s1. The molecular weight excluding hydrogens is 315 g/mol. The Balaban J connectivity index is 1.70. The van der Waals surface area contributed by atoms with Gasteiger partial charge in [-0.3, -0.25) is 0 Å². The normalized spacial score (nSPS) is 17.8. The second-order valence-corrected chi connectivity index (χ2v) is 6.75. The first-order valence-electron chi connectivity index (χ1n) is 8.99. The first-order valence-corrected chi connectivity index (χ1v) is 8.99. The molecule has 1 aliphatic heterocycles. The number of carbonyl (C=O) groups is 1. The van der Waals surface area contributed by atoms with Gasteiger partial charge >= 0.3 is 6.03 Å². The van der Waals surface area contributed by atoms with Crippen molar-refractivity contribution in [1.29, 1.82) is 0 Å². The number of carbonyl (C=O) groups excluding carboxylic acids is 1. The molecular formula is C21H25FN2O. The summed E-state index contributed by atoms with van der Waals surface area (Å²) in [6, 6.07) is 14.8. The van der Waals surface area contributed by atoms with E-state index < -0.39 is 0 Å². The van der Waals surface area contributed by atoms with Gasteiger partial charge in [-0.1, -0.05) is 54.8 Å². The van der Waals surface area contributed by atoms with Gasteiger partial charge in [0.1, 0.15) is 5.82 Å². The Morgan fingerprint density at radius 1 is 1.08 bits per heavy atom. The predicted molar refractivity (Wildman–Crippen MR) is 97.7 cm³/mol. The van der Waals surface area contributed by atoms with Crippen LogP contribution < -0.4 is 5.32 Å². The molecule has 1 aliphatic rings. The fourth-order valence-electron chi connectivity index (χ4n) is 3.37. The summed E-state index contributed by atoms with van der Waals surface area (Å²) < 4.78 is 13.0. The van der Waals surface area contributed by atoms with E-state index in [0.717, 1.165) is 37.8 Å². The molecule has 2 aromatic carbocycles. The van der Waals surface area contributed by atoms with E-state index in [9.17, 15) is 9.18 Å². The first kappa shape index (κ1) is 17.5. The zero-order chi connectivity index (χ0) is 17.6. The number of halogens is 1. The summed E-state index contributed by atoms with van der Waals surface area (Å²) in [5.74, 6) is -0.262. The minimum absolute atomic E-state index is 0.0446. The van der Waals surface area contributed by atoms with Crippen LogP contribution in [0.2, 0.25) is 0 Å². The van der Waals surface area contributed by atoms with Crippen molar-refractivity contribution < 1.29 is 9.18 Å². The largest absolute Gasteiger partial charge is 0.334 e. The van der Waals surface area contributed by atoms with Crippen LogP contribution in [-0.4, -0.2) is 17.5 Å². The van der Waals surface area contributed by atoms with Crippen LogP contribution in [0.25, 0.3) is 0 Å². The number of benzene rings is 2. The van der Waals surface area contributed by atoms with Gasteiger partial charge in [-0.2, -0.15) is 0 Å². The van der Waals surface area contributed by atoms with Crippen LogP contribution in [0.5, 0.6) is 0 Å². The van der Waals surface area contributed by atoms with E-state index in [4.69, 9.17) is 0 Å². The number of likely N-dealkylation sites (tertiary alicyclic amines) is 1. The van der Waals surface area contributed by atoms with Crippen molar-refractivity contribution in [3.8, 4) is 0 Å². The summed E-state index contributed by atoms with van der Waals surface area (Å²) in [4.78, 5) is 14.7. The molecule has 0 aromatic heterocycles. The molecule has 1 saturated heterocycles. The smallest absolute Gasteiger partial charge is 0.318 e. The Bertz CT molecular complexity index is 697. The Morgan fingerprint density at radius 2 is 1.80 bits per heavy atom. The lowest BCUT2D eigenvalue weighted by molar-refractivity contribution is 0.175. The molecule has 2 amide bonds. The molecule has 0 radical (unpaired) electrons. The highest BCUT2D eigenvalue weighted by Gasteiger charge is 2.26. The van der Waals surface area contributed by atoms with E-state index in [1.165, 1.54) is 23.3 Å². The van der Waals surface area contributed by atoms with Crippen molar-refractivity contribution in [3.63, 3.8) is 0 Å². The third-order valence-corrected chi connectivity index (χ3v) is 4.83. The van der Waals surface area contributed by atoms with Crippen LogP contribution in [0.15, 0.2) is 48.5 Å². The quantitative estimate of drug-likeness (QED) is 0.841. The molecule has 132 valence electrons. The molecule has 1 atom stereocenters. The average Bonchev–Trinajstić information content (AvgIpc) is 2.88. The van der Waals surface area contributed by atoms with E-state index in [2.05, 4.69) is 36.5 Å². The molecule has 0 bridgehead atoms. The monoisotopic (exact) mass is 340 g/mol. The number of urea groups is 1. The van der Waals surface area contributed by atoms with E-state index in [1.54, 1.807) is 12.1 Å². The molecule has 25 heavy (non-hydrogen) atoms. The maximum atomic E-state index is 13.0. The van der Waals surface area contributed by atoms with Gasteiger partial charge in [-0.05, 0) is 43.0 Å². The van der Waals surface area contributed by atoms with E-state index >= 15 is 0 Å². The minimum Gasteiger partial charge on any atom is -0.334 e. The lowest BCUT2D eigenvalue weighted by Gasteiger charge is -2.30. The average molecular weight is 340 g/mol. The summed E-state index contributed by atoms with van der Waals surface area (Å²) in [5, 5.41) is 2.99. The predicted octanol–water partition coefficient (Wildman–Crippen LogP) is 4.96. The number of nitrogens with one attached hydrogen (secondary N) is 1.